The SMILES string of the molecule is COc1ccc(C(=O)/C(=C(\CC(=O)N2CCCCC2)c2ccccc2)c2ccccc2)cc1. The van der Waals surface area contributed by atoms with E-state index in [4.69, 9.17) is 4.74 Å². The van der Waals surface area contributed by atoms with Gasteiger partial charge >= 0.3 is 0 Å². The van der Waals surface area contributed by atoms with Gasteiger partial charge in [-0.25, -0.2) is 0 Å². The molecule has 0 N–H and O–H groups in total. The van der Waals surface area contributed by atoms with Crippen LogP contribution in [0.2, 0.25) is 0 Å². The van der Waals surface area contributed by atoms with Gasteiger partial charge in [0, 0.05) is 24.2 Å². The molecule has 0 aliphatic carbocycles. The van der Waals surface area contributed by atoms with Gasteiger partial charge in [-0.2, -0.15) is 0 Å². The molecule has 1 aliphatic heterocycles. The first-order valence-electron chi connectivity index (χ1n) is 11.5. The highest BCUT2D eigenvalue weighted by Crippen LogP contribution is 2.33. The monoisotopic (exact) mass is 439 g/mol. The third kappa shape index (κ3) is 5.40. The van der Waals surface area contributed by atoms with Gasteiger partial charge in [0.05, 0.1) is 13.5 Å². The molecule has 1 amide bonds. The summed E-state index contributed by atoms with van der Waals surface area (Å²) in [5, 5.41) is 0. The Balaban J connectivity index is 1.84. The molecule has 0 bridgehead atoms. The summed E-state index contributed by atoms with van der Waals surface area (Å²) in [6.45, 7) is 1.57. The lowest BCUT2D eigenvalue weighted by Gasteiger charge is -2.27. The van der Waals surface area contributed by atoms with Crippen LogP contribution in [-0.2, 0) is 4.79 Å². The number of piperidine rings is 1. The number of hydrogen-bond donors (Lipinski definition) is 0. The number of carbonyl (C=O) groups excluding carboxylic acids is 2. The molecule has 0 spiro atoms. The molecule has 0 saturated carbocycles. The second-order valence-corrected chi connectivity index (χ2v) is 8.26. The van der Waals surface area contributed by atoms with Crippen molar-refractivity contribution in [3.63, 3.8) is 0 Å². The zero-order valence-electron chi connectivity index (χ0n) is 19.0. The summed E-state index contributed by atoms with van der Waals surface area (Å²) >= 11 is 0. The molecule has 1 heterocycles. The predicted molar refractivity (Wildman–Crippen MR) is 132 cm³/mol. The smallest absolute Gasteiger partial charge is 0.227 e. The van der Waals surface area contributed by atoms with Crippen molar-refractivity contribution >= 4 is 22.8 Å². The highest BCUT2D eigenvalue weighted by molar-refractivity contribution is 6.35. The van der Waals surface area contributed by atoms with Crippen LogP contribution in [-0.4, -0.2) is 36.8 Å². The molecule has 4 nitrogen and oxygen atoms in total. The van der Waals surface area contributed by atoms with Gasteiger partial charge in [-0.15, -0.1) is 0 Å². The molecule has 1 fully saturated rings. The second-order valence-electron chi connectivity index (χ2n) is 8.26. The Hall–Kier alpha value is -3.66. The van der Waals surface area contributed by atoms with E-state index >= 15 is 0 Å². The highest BCUT2D eigenvalue weighted by atomic mass is 16.5. The van der Waals surface area contributed by atoms with Crippen molar-refractivity contribution in [3.05, 3.63) is 102 Å². The van der Waals surface area contributed by atoms with Gasteiger partial charge in [0.1, 0.15) is 5.75 Å². The number of Topliss-reactive ketones (excluding diaryl/α,β-unsaturated/α-hetero) is 1. The summed E-state index contributed by atoms with van der Waals surface area (Å²) in [7, 11) is 1.60. The van der Waals surface area contributed by atoms with Gasteiger partial charge in [0.15, 0.2) is 5.78 Å². The number of benzene rings is 3. The van der Waals surface area contributed by atoms with Gasteiger partial charge in [0.25, 0.3) is 0 Å². The van der Waals surface area contributed by atoms with Gasteiger partial charge in [-0.1, -0.05) is 60.7 Å². The minimum absolute atomic E-state index is 0.0736. The average Bonchev–Trinajstić information content (AvgIpc) is 2.90. The molecule has 33 heavy (non-hydrogen) atoms. The summed E-state index contributed by atoms with van der Waals surface area (Å²) in [6, 6.07) is 26.6. The van der Waals surface area contributed by atoms with Gasteiger partial charge in [-0.3, -0.25) is 9.59 Å². The topological polar surface area (TPSA) is 46.6 Å². The number of amides is 1. The Labute approximate surface area is 195 Å². The van der Waals surface area contributed by atoms with E-state index in [0.717, 1.165) is 49.1 Å². The summed E-state index contributed by atoms with van der Waals surface area (Å²) < 4.78 is 5.26. The van der Waals surface area contributed by atoms with Crippen LogP contribution in [0.25, 0.3) is 11.1 Å². The van der Waals surface area contributed by atoms with E-state index in [-0.39, 0.29) is 18.1 Å². The number of nitrogens with zero attached hydrogens (tertiary/aromatic N) is 1. The maximum Gasteiger partial charge on any atom is 0.227 e. The standard InChI is InChI=1S/C29H29NO3/c1-33-25-17-15-24(16-18-25)29(32)28(23-13-7-3-8-14-23)26(22-11-5-2-6-12-22)21-27(31)30-19-9-4-10-20-30/h2-3,5-8,11-18H,4,9-10,19-21H2,1H3/b28-26+. The van der Waals surface area contributed by atoms with E-state index in [1.54, 1.807) is 31.4 Å². The van der Waals surface area contributed by atoms with Crippen molar-refractivity contribution in [2.45, 2.75) is 25.7 Å². The molecule has 0 unspecified atom stereocenters. The summed E-state index contributed by atoms with van der Waals surface area (Å²) in [5.41, 5.74) is 3.59. The van der Waals surface area contributed by atoms with Crippen molar-refractivity contribution in [2.75, 3.05) is 20.2 Å². The van der Waals surface area contributed by atoms with Crippen molar-refractivity contribution in [3.8, 4) is 5.75 Å². The Morgan fingerprint density at radius 2 is 1.30 bits per heavy atom. The average molecular weight is 440 g/mol. The van der Waals surface area contributed by atoms with Crippen molar-refractivity contribution in [2.24, 2.45) is 0 Å². The second kappa shape index (κ2) is 10.8. The maximum absolute atomic E-state index is 13.9. The third-order valence-electron chi connectivity index (χ3n) is 6.10. The quantitative estimate of drug-likeness (QED) is 0.262. The number of methoxy groups -OCH3 is 1. The number of hydrogen-bond acceptors (Lipinski definition) is 3. The van der Waals surface area contributed by atoms with Crippen molar-refractivity contribution in [1.82, 2.24) is 4.90 Å². The number of rotatable bonds is 7. The molecule has 4 heteroatoms. The third-order valence-corrected chi connectivity index (χ3v) is 6.10. The summed E-state index contributed by atoms with van der Waals surface area (Å²) in [6.07, 6.45) is 3.42. The number of likely N-dealkylation sites (tertiary alicyclic amines) is 1. The fourth-order valence-electron chi connectivity index (χ4n) is 4.31. The largest absolute Gasteiger partial charge is 0.497 e. The lowest BCUT2D eigenvalue weighted by atomic mass is 9.87. The molecule has 0 radical (unpaired) electrons. The number of ketones is 1. The molecule has 4 rings (SSSR count). The van der Waals surface area contributed by atoms with E-state index in [9.17, 15) is 9.59 Å². The molecule has 168 valence electrons. The molecular formula is C29H29NO3. The fraction of sp³-hybridized carbons (Fsp3) is 0.241. The number of carbonyl (C=O) groups is 2. The Kier molecular flexibility index (Phi) is 7.36. The Bertz CT molecular complexity index is 1110. The van der Waals surface area contributed by atoms with E-state index < -0.39 is 0 Å². The minimum Gasteiger partial charge on any atom is -0.497 e. The van der Waals surface area contributed by atoms with Gasteiger partial charge < -0.3 is 9.64 Å². The maximum atomic E-state index is 13.9. The molecule has 0 atom stereocenters. The normalized spacial score (nSPS) is 14.4. The first kappa shape index (κ1) is 22.5. The molecule has 0 aromatic heterocycles. The van der Waals surface area contributed by atoms with Crippen LogP contribution in [0.15, 0.2) is 84.9 Å². The highest BCUT2D eigenvalue weighted by Gasteiger charge is 2.25. The van der Waals surface area contributed by atoms with Crippen LogP contribution in [0.4, 0.5) is 0 Å². The van der Waals surface area contributed by atoms with E-state index in [2.05, 4.69) is 0 Å². The fourth-order valence-corrected chi connectivity index (χ4v) is 4.31. The molecular weight excluding hydrogens is 410 g/mol. The summed E-state index contributed by atoms with van der Waals surface area (Å²) in [4.78, 5) is 29.2. The van der Waals surface area contributed by atoms with Crippen molar-refractivity contribution < 1.29 is 14.3 Å². The number of ether oxygens (including phenoxy) is 1. The van der Waals surface area contributed by atoms with Crippen LogP contribution in [0.5, 0.6) is 5.75 Å². The molecule has 3 aromatic carbocycles. The van der Waals surface area contributed by atoms with Gasteiger partial charge in [0.2, 0.25) is 5.91 Å². The zero-order chi connectivity index (χ0) is 23.0. The first-order chi connectivity index (χ1) is 16.2. The van der Waals surface area contributed by atoms with Crippen molar-refractivity contribution in [1.29, 1.82) is 0 Å². The van der Waals surface area contributed by atoms with Crippen LogP contribution in [0.3, 0.4) is 0 Å². The Morgan fingerprint density at radius 3 is 1.88 bits per heavy atom. The van der Waals surface area contributed by atoms with Crippen LogP contribution in [0, 0.1) is 0 Å². The molecule has 1 saturated heterocycles. The number of allylic oxidation sites excluding steroid dienone is 1. The lowest BCUT2D eigenvalue weighted by molar-refractivity contribution is -0.130. The lowest BCUT2D eigenvalue weighted by Crippen LogP contribution is -2.35. The van der Waals surface area contributed by atoms with Crippen LogP contribution < -0.4 is 4.74 Å². The van der Waals surface area contributed by atoms with Crippen LogP contribution in [0.1, 0.15) is 47.2 Å². The minimum atomic E-state index is -0.103. The van der Waals surface area contributed by atoms with E-state index in [0.29, 0.717) is 16.9 Å². The van der Waals surface area contributed by atoms with Gasteiger partial charge in [-0.05, 0) is 60.2 Å². The first-order valence-corrected chi connectivity index (χ1v) is 11.5. The molecule has 3 aromatic rings. The predicted octanol–water partition coefficient (Wildman–Crippen LogP) is 5.89. The Morgan fingerprint density at radius 1 is 0.727 bits per heavy atom. The van der Waals surface area contributed by atoms with E-state index in [1.165, 1.54) is 0 Å². The van der Waals surface area contributed by atoms with E-state index in [1.807, 2.05) is 65.6 Å². The van der Waals surface area contributed by atoms with Crippen LogP contribution >= 0.6 is 0 Å². The summed E-state index contributed by atoms with van der Waals surface area (Å²) in [5.74, 6) is 0.666. The molecule has 1 aliphatic rings. The zero-order valence-corrected chi connectivity index (χ0v) is 19.0.